The van der Waals surface area contributed by atoms with Crippen LogP contribution in [-0.4, -0.2) is 17.1 Å². The van der Waals surface area contributed by atoms with Crippen molar-refractivity contribution in [3.8, 4) is 0 Å². The molecule has 0 bridgehead atoms. The van der Waals surface area contributed by atoms with Gasteiger partial charge in [-0.1, -0.05) is 60.7 Å². The van der Waals surface area contributed by atoms with Crippen LogP contribution in [0.25, 0.3) is 0 Å². The van der Waals surface area contributed by atoms with Gasteiger partial charge in [-0.25, -0.2) is 9.59 Å². The maximum atomic E-state index is 11.9. The third-order valence-corrected chi connectivity index (χ3v) is 3.28. The molecule has 0 fully saturated rings. The molecule has 0 saturated carbocycles. The second kappa shape index (κ2) is 6.09. The van der Waals surface area contributed by atoms with Crippen LogP contribution in [0.15, 0.2) is 60.7 Å². The lowest BCUT2D eigenvalue weighted by atomic mass is 9.83. The second-order valence-electron chi connectivity index (χ2n) is 4.73. The third kappa shape index (κ3) is 3.20. The minimum atomic E-state index is -1.59. The average molecular weight is 284 g/mol. The molecule has 2 aromatic rings. The van der Waals surface area contributed by atoms with Gasteiger partial charge in [0.05, 0.1) is 0 Å². The lowest BCUT2D eigenvalue weighted by Crippen LogP contribution is -2.55. The molecule has 0 radical (unpaired) electrons. The molecule has 5 heteroatoms. The normalized spacial score (nSPS) is 13.1. The molecule has 2 rings (SSSR count). The minimum Gasteiger partial charge on any atom is -0.479 e. The fourth-order valence-electron chi connectivity index (χ4n) is 2.31. The van der Waals surface area contributed by atoms with Crippen LogP contribution in [-0.2, 0) is 16.8 Å². The van der Waals surface area contributed by atoms with Crippen LogP contribution in [0.4, 0.5) is 4.79 Å². The van der Waals surface area contributed by atoms with E-state index in [0.29, 0.717) is 5.56 Å². The van der Waals surface area contributed by atoms with Crippen LogP contribution in [0.1, 0.15) is 11.1 Å². The summed E-state index contributed by atoms with van der Waals surface area (Å²) in [6.45, 7) is 0. The highest BCUT2D eigenvalue weighted by Crippen LogP contribution is 2.26. The van der Waals surface area contributed by atoms with Gasteiger partial charge in [0.2, 0.25) is 0 Å². The summed E-state index contributed by atoms with van der Waals surface area (Å²) < 4.78 is 0. The van der Waals surface area contributed by atoms with Gasteiger partial charge in [0, 0.05) is 6.42 Å². The van der Waals surface area contributed by atoms with Gasteiger partial charge in [0.15, 0.2) is 5.54 Å². The summed E-state index contributed by atoms with van der Waals surface area (Å²) >= 11 is 0. The van der Waals surface area contributed by atoms with Gasteiger partial charge in [0.1, 0.15) is 0 Å². The molecule has 0 unspecified atom stereocenters. The summed E-state index contributed by atoms with van der Waals surface area (Å²) in [5.41, 5.74) is 4.87. The molecule has 0 heterocycles. The zero-order chi connectivity index (χ0) is 15.3. The van der Waals surface area contributed by atoms with Gasteiger partial charge in [-0.05, 0) is 11.1 Å². The summed E-state index contributed by atoms with van der Waals surface area (Å²) in [5.74, 6) is -1.16. The van der Waals surface area contributed by atoms with Crippen molar-refractivity contribution in [3.05, 3.63) is 71.8 Å². The maximum Gasteiger partial charge on any atom is 0.334 e. The molecule has 0 aliphatic rings. The molecule has 0 aliphatic heterocycles. The van der Waals surface area contributed by atoms with Crippen LogP contribution in [0.3, 0.4) is 0 Å². The van der Waals surface area contributed by atoms with Crippen LogP contribution in [0.2, 0.25) is 0 Å². The van der Waals surface area contributed by atoms with Crippen molar-refractivity contribution in [3.63, 3.8) is 0 Å². The van der Waals surface area contributed by atoms with Crippen molar-refractivity contribution >= 4 is 12.0 Å². The number of carbonyl (C=O) groups is 2. The summed E-state index contributed by atoms with van der Waals surface area (Å²) in [5, 5.41) is 12.1. The van der Waals surface area contributed by atoms with Gasteiger partial charge >= 0.3 is 12.0 Å². The first-order valence-corrected chi connectivity index (χ1v) is 6.45. The monoisotopic (exact) mass is 284 g/mol. The van der Waals surface area contributed by atoms with E-state index in [0.717, 1.165) is 5.56 Å². The van der Waals surface area contributed by atoms with Crippen molar-refractivity contribution in [2.24, 2.45) is 5.73 Å². The van der Waals surface area contributed by atoms with Crippen molar-refractivity contribution in [1.29, 1.82) is 0 Å². The Labute approximate surface area is 122 Å². The zero-order valence-corrected chi connectivity index (χ0v) is 11.3. The number of carbonyl (C=O) groups excluding carboxylic acids is 1. The van der Waals surface area contributed by atoms with Gasteiger partial charge in [-0.15, -0.1) is 0 Å². The van der Waals surface area contributed by atoms with Crippen molar-refractivity contribution in [2.75, 3.05) is 0 Å². The number of benzene rings is 2. The van der Waals surface area contributed by atoms with E-state index in [1.165, 1.54) is 0 Å². The maximum absolute atomic E-state index is 11.9. The van der Waals surface area contributed by atoms with E-state index in [1.54, 1.807) is 30.3 Å². The summed E-state index contributed by atoms with van der Waals surface area (Å²) in [4.78, 5) is 23.2. The van der Waals surface area contributed by atoms with Crippen molar-refractivity contribution in [2.45, 2.75) is 12.0 Å². The Morgan fingerprint density at radius 2 is 1.52 bits per heavy atom. The number of primary amides is 1. The topological polar surface area (TPSA) is 92.4 Å². The number of amides is 2. The number of rotatable bonds is 5. The molecule has 0 saturated heterocycles. The Bertz CT molecular complexity index is 628. The van der Waals surface area contributed by atoms with Crippen LogP contribution >= 0.6 is 0 Å². The first-order valence-electron chi connectivity index (χ1n) is 6.45. The number of aliphatic carboxylic acids is 1. The van der Waals surface area contributed by atoms with E-state index < -0.39 is 17.5 Å². The molecule has 4 N–H and O–H groups in total. The number of nitrogens with two attached hydrogens (primary N) is 1. The highest BCUT2D eigenvalue weighted by Gasteiger charge is 2.41. The highest BCUT2D eigenvalue weighted by atomic mass is 16.4. The molecule has 21 heavy (non-hydrogen) atoms. The molecule has 2 aromatic carbocycles. The molecule has 0 aliphatic carbocycles. The Hall–Kier alpha value is -2.82. The fourth-order valence-corrected chi connectivity index (χ4v) is 2.31. The number of hydrogen-bond acceptors (Lipinski definition) is 2. The second-order valence-corrected chi connectivity index (χ2v) is 4.73. The van der Waals surface area contributed by atoms with Gasteiger partial charge in [-0.2, -0.15) is 0 Å². The number of carboxylic acids is 1. The van der Waals surface area contributed by atoms with E-state index in [1.807, 2.05) is 30.3 Å². The van der Waals surface area contributed by atoms with Crippen LogP contribution in [0.5, 0.6) is 0 Å². The molecule has 0 aromatic heterocycles. The molecule has 0 spiro atoms. The predicted octanol–water partition coefficient (Wildman–Crippen LogP) is 1.88. The van der Waals surface area contributed by atoms with E-state index in [4.69, 9.17) is 5.73 Å². The SMILES string of the molecule is NC(=O)N[C@](Cc1ccccc1)(C(=O)O)c1ccccc1. The Balaban J connectivity index is 2.51. The van der Waals surface area contributed by atoms with E-state index in [9.17, 15) is 14.7 Å². The van der Waals surface area contributed by atoms with Crippen LogP contribution < -0.4 is 11.1 Å². The van der Waals surface area contributed by atoms with E-state index in [-0.39, 0.29) is 6.42 Å². The molecule has 2 amide bonds. The zero-order valence-electron chi connectivity index (χ0n) is 11.3. The quantitative estimate of drug-likeness (QED) is 0.782. The largest absolute Gasteiger partial charge is 0.479 e. The summed E-state index contributed by atoms with van der Waals surface area (Å²) in [6, 6.07) is 16.8. The Morgan fingerprint density at radius 3 is 2.00 bits per heavy atom. The first kappa shape index (κ1) is 14.6. The Morgan fingerprint density at radius 1 is 1.00 bits per heavy atom. The minimum absolute atomic E-state index is 0.107. The van der Waals surface area contributed by atoms with E-state index in [2.05, 4.69) is 5.32 Å². The standard InChI is InChI=1S/C16H16N2O3/c17-15(21)18-16(14(19)20,13-9-5-2-6-10-13)11-12-7-3-1-4-8-12/h1-10H,11H2,(H,19,20)(H3,17,18,21)/t16-/m0/s1. The summed E-state index contributed by atoms with van der Waals surface area (Å²) in [7, 11) is 0. The molecule has 5 nitrogen and oxygen atoms in total. The molecular formula is C16H16N2O3. The van der Waals surface area contributed by atoms with Crippen molar-refractivity contribution < 1.29 is 14.7 Å². The smallest absolute Gasteiger partial charge is 0.334 e. The lowest BCUT2D eigenvalue weighted by molar-refractivity contribution is -0.144. The van der Waals surface area contributed by atoms with Crippen LogP contribution in [0, 0.1) is 0 Å². The predicted molar refractivity (Wildman–Crippen MR) is 78.6 cm³/mol. The van der Waals surface area contributed by atoms with Gasteiger partial charge < -0.3 is 16.2 Å². The Kier molecular flexibility index (Phi) is 4.23. The molecule has 108 valence electrons. The number of carboxylic acid groups (broad SMARTS) is 1. The number of nitrogens with one attached hydrogen (secondary N) is 1. The summed E-state index contributed by atoms with van der Waals surface area (Å²) in [6.07, 6.45) is 0.107. The lowest BCUT2D eigenvalue weighted by Gasteiger charge is -2.30. The average Bonchev–Trinajstić information content (AvgIpc) is 2.48. The molecule has 1 atom stereocenters. The van der Waals surface area contributed by atoms with Gasteiger partial charge in [-0.3, -0.25) is 0 Å². The van der Waals surface area contributed by atoms with Gasteiger partial charge in [0.25, 0.3) is 0 Å². The third-order valence-electron chi connectivity index (χ3n) is 3.28. The number of hydrogen-bond donors (Lipinski definition) is 3. The molecular weight excluding hydrogens is 268 g/mol. The van der Waals surface area contributed by atoms with Crippen molar-refractivity contribution in [1.82, 2.24) is 5.32 Å². The number of urea groups is 1. The first-order chi connectivity index (χ1) is 10.0. The van der Waals surface area contributed by atoms with E-state index >= 15 is 0 Å². The highest BCUT2D eigenvalue weighted by molar-refractivity contribution is 5.87. The fraction of sp³-hybridized carbons (Fsp3) is 0.125.